The van der Waals surface area contributed by atoms with Crippen molar-refractivity contribution in [3.8, 4) is 0 Å². The van der Waals surface area contributed by atoms with Gasteiger partial charge in [-0.1, -0.05) is 0 Å². The van der Waals surface area contributed by atoms with Crippen LogP contribution in [-0.4, -0.2) is 135 Å². The van der Waals surface area contributed by atoms with Gasteiger partial charge < -0.3 is 61.3 Å². The molecule has 0 amide bonds. The summed E-state index contributed by atoms with van der Waals surface area (Å²) in [6, 6.07) is 0. The van der Waals surface area contributed by atoms with Gasteiger partial charge in [0, 0.05) is 0 Å². The fourth-order valence-electron chi connectivity index (χ4n) is 1.34. The van der Waals surface area contributed by atoms with Gasteiger partial charge in [0.15, 0.2) is 12.2 Å². The summed E-state index contributed by atoms with van der Waals surface area (Å²) < 4.78 is 0. The fourth-order valence-corrected chi connectivity index (χ4v) is 1.34. The van der Waals surface area contributed by atoms with E-state index < -0.39 is 74.0 Å². The third-order valence-electron chi connectivity index (χ3n) is 3.02. The first-order valence-electron chi connectivity index (χ1n) is 6.95. The molecule has 16 heteroatoms. The minimum absolute atomic E-state index is 0. The number of hydrogen-bond acceptors (Lipinski definition) is 12. The van der Waals surface area contributed by atoms with Crippen LogP contribution in [0.4, 0.5) is 0 Å². The molecule has 0 bridgehead atoms. The third-order valence-corrected chi connectivity index (χ3v) is 3.02. The summed E-state index contributed by atoms with van der Waals surface area (Å²) in [7, 11) is 0. The number of rotatable bonds is 10. The number of hydrogen-bond donors (Lipinski definition) is 12. The predicted octanol–water partition coefficient (Wildman–Crippen LogP) is -9.98. The maximum atomic E-state index is 10.1. The van der Waals surface area contributed by atoms with Crippen molar-refractivity contribution in [2.24, 2.45) is 0 Å². The van der Waals surface area contributed by atoms with Crippen LogP contribution in [0.15, 0.2) is 0 Å². The molecule has 8 atom stereocenters. The molecule has 12 N–H and O–H groups in total. The molecule has 0 rings (SSSR count). The van der Waals surface area contributed by atoms with Crippen molar-refractivity contribution in [1.29, 1.82) is 0 Å². The van der Waals surface area contributed by atoms with Crippen molar-refractivity contribution < 1.29 is 117 Å². The quantitative estimate of drug-likeness (QED) is 0.132. The van der Waals surface area contributed by atoms with Crippen molar-refractivity contribution >= 4 is 11.9 Å². The molecule has 0 saturated carbocycles. The van der Waals surface area contributed by atoms with Crippen molar-refractivity contribution in [3.63, 3.8) is 0 Å². The zero-order valence-electron chi connectivity index (χ0n) is 14.6. The maximum Gasteiger partial charge on any atom is 3.00 e. The van der Waals surface area contributed by atoms with Crippen molar-refractivity contribution in [2.75, 3.05) is 13.2 Å². The SMILES string of the molecule is O=C(O)[C@H](O)[C@H](O)[C@H](O)[C@@H](O)CO.O=C(O)[C@H](O)[C@H](O)[C@H](O)[C@@H](O)CO.[Fe+3].[Na+]. The van der Waals surface area contributed by atoms with Crippen LogP contribution in [0.3, 0.4) is 0 Å². The first kappa shape index (κ1) is 35.5. The van der Waals surface area contributed by atoms with Gasteiger partial charge in [-0.2, -0.15) is 0 Å². The van der Waals surface area contributed by atoms with E-state index in [4.69, 9.17) is 61.3 Å². The van der Waals surface area contributed by atoms with E-state index in [0.717, 1.165) is 0 Å². The monoisotopic (exact) mass is 471 g/mol. The van der Waals surface area contributed by atoms with Crippen LogP contribution >= 0.6 is 0 Å². The Balaban J connectivity index is -0.000000192. The molecule has 0 aliphatic carbocycles. The van der Waals surface area contributed by atoms with Gasteiger partial charge in [0.05, 0.1) is 13.2 Å². The van der Waals surface area contributed by atoms with Crippen LogP contribution in [0.25, 0.3) is 0 Å². The standard InChI is InChI=1S/2C6H12O7.Fe.Na/c2*7-1-2(8)3(9)4(10)5(11)6(12)13;;/h2*2-5,7-11H,1H2,(H,12,13);;/q;;+3;+1/t2*2-,3+,4+,5+;;/m00../s1. The fraction of sp³-hybridized carbons (Fsp3) is 0.833. The van der Waals surface area contributed by atoms with E-state index in [-0.39, 0.29) is 46.6 Å². The van der Waals surface area contributed by atoms with Crippen LogP contribution in [-0.2, 0) is 26.7 Å². The second-order valence-corrected chi connectivity index (χ2v) is 5.03. The topological polar surface area (TPSA) is 277 Å². The zero-order valence-corrected chi connectivity index (χ0v) is 17.7. The van der Waals surface area contributed by atoms with Gasteiger partial charge in [-0.15, -0.1) is 0 Å². The van der Waals surface area contributed by atoms with E-state index in [1.54, 1.807) is 0 Å². The number of aliphatic hydroxyl groups excluding tert-OH is 10. The van der Waals surface area contributed by atoms with Crippen LogP contribution in [0.1, 0.15) is 0 Å². The van der Waals surface area contributed by atoms with Gasteiger partial charge in [0.2, 0.25) is 0 Å². The zero-order chi connectivity index (χ0) is 21.2. The minimum Gasteiger partial charge on any atom is -0.479 e. The van der Waals surface area contributed by atoms with Crippen molar-refractivity contribution in [1.82, 2.24) is 0 Å². The third kappa shape index (κ3) is 12.6. The molecule has 14 nitrogen and oxygen atoms in total. The second kappa shape index (κ2) is 17.9. The molecule has 0 saturated heterocycles. The van der Waals surface area contributed by atoms with Crippen molar-refractivity contribution in [2.45, 2.75) is 48.8 Å². The molecule has 161 valence electrons. The Morgan fingerprint density at radius 3 is 0.929 bits per heavy atom. The number of carbonyl (C=O) groups is 2. The van der Waals surface area contributed by atoms with E-state index in [1.165, 1.54) is 0 Å². The van der Waals surface area contributed by atoms with Gasteiger partial charge in [0.25, 0.3) is 0 Å². The Morgan fingerprint density at radius 2 is 0.786 bits per heavy atom. The Kier molecular flexibility index (Phi) is 22.7. The summed E-state index contributed by atoms with van der Waals surface area (Å²) in [5.41, 5.74) is 0. The summed E-state index contributed by atoms with van der Waals surface area (Å²) in [6.45, 7) is -1.69. The summed E-state index contributed by atoms with van der Waals surface area (Å²) in [6.07, 6.45) is -15.7. The largest absolute Gasteiger partial charge is 3.00 e. The molecule has 0 aromatic rings. The van der Waals surface area contributed by atoms with Gasteiger partial charge >= 0.3 is 58.6 Å². The van der Waals surface area contributed by atoms with E-state index in [2.05, 4.69) is 0 Å². The second-order valence-electron chi connectivity index (χ2n) is 5.03. The normalized spacial score (nSPS) is 18.9. The number of carboxylic acid groups (broad SMARTS) is 2. The summed E-state index contributed by atoms with van der Waals surface area (Å²) in [4.78, 5) is 20.2. The Morgan fingerprint density at radius 1 is 0.571 bits per heavy atom. The Bertz CT molecular complexity index is 391. The van der Waals surface area contributed by atoms with Crippen LogP contribution < -0.4 is 29.6 Å². The average molecular weight is 471 g/mol. The molecule has 0 aromatic carbocycles. The van der Waals surface area contributed by atoms with Crippen LogP contribution in [0, 0.1) is 0 Å². The molecule has 0 aromatic heterocycles. The Hall–Kier alpha value is 0.0595. The molecular formula is C12H24FeNaO14+4. The molecular weight excluding hydrogens is 447 g/mol. The smallest absolute Gasteiger partial charge is 0.479 e. The van der Waals surface area contributed by atoms with Gasteiger partial charge in [0.1, 0.15) is 36.6 Å². The number of aliphatic hydroxyl groups is 10. The molecule has 0 aliphatic heterocycles. The molecule has 0 heterocycles. The molecule has 0 spiro atoms. The average Bonchev–Trinajstić information content (AvgIpc) is 2.62. The summed E-state index contributed by atoms with van der Waals surface area (Å²) in [5.74, 6) is -3.45. The summed E-state index contributed by atoms with van der Waals surface area (Å²) >= 11 is 0. The maximum absolute atomic E-state index is 10.1. The molecule has 1 radical (unpaired) electrons. The van der Waals surface area contributed by atoms with Crippen LogP contribution in [0.2, 0.25) is 0 Å². The van der Waals surface area contributed by atoms with E-state index >= 15 is 0 Å². The Labute approximate surface area is 191 Å². The first-order chi connectivity index (χ1) is 11.8. The van der Waals surface area contributed by atoms with Crippen molar-refractivity contribution in [3.05, 3.63) is 0 Å². The van der Waals surface area contributed by atoms with Gasteiger partial charge in [-0.05, 0) is 0 Å². The molecule has 0 fully saturated rings. The molecule has 0 unspecified atom stereocenters. The molecule has 28 heavy (non-hydrogen) atoms. The number of carboxylic acids is 2. The van der Waals surface area contributed by atoms with E-state index in [1.807, 2.05) is 0 Å². The first-order valence-corrected chi connectivity index (χ1v) is 6.95. The van der Waals surface area contributed by atoms with E-state index in [9.17, 15) is 9.59 Å². The molecule has 0 aliphatic rings. The van der Waals surface area contributed by atoms with Gasteiger partial charge in [-0.25, -0.2) is 9.59 Å². The number of aliphatic carboxylic acids is 2. The van der Waals surface area contributed by atoms with E-state index in [0.29, 0.717) is 0 Å². The van der Waals surface area contributed by atoms with Gasteiger partial charge in [-0.3, -0.25) is 0 Å². The summed E-state index contributed by atoms with van der Waals surface area (Å²) in [5, 5.41) is 104. The van der Waals surface area contributed by atoms with Crippen LogP contribution in [0.5, 0.6) is 0 Å². The predicted molar refractivity (Wildman–Crippen MR) is 77.5 cm³/mol. The minimum atomic E-state index is -2.20.